The number of fused-ring (bicyclic) bond motifs is 1. The molecule has 3 N–H and O–H groups in total. The fourth-order valence-electron chi connectivity index (χ4n) is 3.85. The minimum Gasteiger partial charge on any atom is -0.368 e. The van der Waals surface area contributed by atoms with Gasteiger partial charge in [-0.1, -0.05) is 24.3 Å². The lowest BCUT2D eigenvalue weighted by Crippen LogP contribution is -2.19. The van der Waals surface area contributed by atoms with Gasteiger partial charge in [0.2, 0.25) is 5.91 Å². The van der Waals surface area contributed by atoms with Gasteiger partial charge >= 0.3 is 0 Å². The van der Waals surface area contributed by atoms with Crippen LogP contribution in [0.3, 0.4) is 0 Å². The van der Waals surface area contributed by atoms with Gasteiger partial charge in [0, 0.05) is 40.9 Å². The van der Waals surface area contributed by atoms with Gasteiger partial charge in [0.15, 0.2) is 0 Å². The van der Waals surface area contributed by atoms with E-state index in [1.807, 2.05) is 54.2 Å². The van der Waals surface area contributed by atoms with Gasteiger partial charge in [0.1, 0.15) is 12.4 Å². The van der Waals surface area contributed by atoms with E-state index in [0.29, 0.717) is 12.2 Å². The summed E-state index contributed by atoms with van der Waals surface area (Å²) in [6.07, 6.45) is 3.78. The first-order chi connectivity index (χ1) is 14.4. The first kappa shape index (κ1) is 19.8. The number of nitrogens with zero attached hydrogens (tertiary/aromatic N) is 3. The van der Waals surface area contributed by atoms with Crippen molar-refractivity contribution in [3.8, 4) is 5.69 Å². The second-order valence-corrected chi connectivity index (χ2v) is 7.45. The third-order valence-corrected chi connectivity index (χ3v) is 5.36. The minimum atomic E-state index is -0.371. The number of para-hydroxylation sites is 1. The van der Waals surface area contributed by atoms with E-state index in [1.165, 1.54) is 12.1 Å². The van der Waals surface area contributed by atoms with Gasteiger partial charge in [-0.25, -0.2) is 9.07 Å². The predicted molar refractivity (Wildman–Crippen MR) is 115 cm³/mol. The van der Waals surface area contributed by atoms with Gasteiger partial charge in [0.05, 0.1) is 11.9 Å². The molecule has 2 aromatic heterocycles. The van der Waals surface area contributed by atoms with E-state index in [-0.39, 0.29) is 24.3 Å². The Kier molecular flexibility index (Phi) is 5.37. The summed E-state index contributed by atoms with van der Waals surface area (Å²) in [5.74, 6) is -0.661. The van der Waals surface area contributed by atoms with Crippen LogP contribution in [-0.4, -0.2) is 20.3 Å². The van der Waals surface area contributed by atoms with E-state index in [0.717, 1.165) is 27.7 Å². The number of primary amides is 1. The maximum Gasteiger partial charge on any atom is 0.237 e. The highest BCUT2D eigenvalue weighted by Gasteiger charge is 2.16. The molecule has 2 heterocycles. The first-order valence-electron chi connectivity index (χ1n) is 9.83. The molecule has 0 radical (unpaired) electrons. The van der Waals surface area contributed by atoms with Gasteiger partial charge in [-0.15, -0.1) is 0 Å². The quantitative estimate of drug-likeness (QED) is 0.493. The molecule has 4 rings (SSSR count). The summed E-state index contributed by atoms with van der Waals surface area (Å²) in [6.45, 7) is 4.82. The number of carbonyl (C=O) groups is 1. The second-order valence-electron chi connectivity index (χ2n) is 7.45. The molecule has 0 saturated carbocycles. The molecule has 0 fully saturated rings. The van der Waals surface area contributed by atoms with Gasteiger partial charge in [0.25, 0.3) is 0 Å². The molecule has 2 aromatic carbocycles. The molecule has 30 heavy (non-hydrogen) atoms. The lowest BCUT2D eigenvalue weighted by Gasteiger charge is -2.14. The fourth-order valence-corrected chi connectivity index (χ4v) is 3.85. The van der Waals surface area contributed by atoms with Crippen LogP contribution < -0.4 is 11.1 Å². The van der Waals surface area contributed by atoms with Crippen molar-refractivity contribution in [3.63, 3.8) is 0 Å². The Bertz CT molecular complexity index is 1210. The maximum atomic E-state index is 13.6. The average molecular weight is 405 g/mol. The van der Waals surface area contributed by atoms with Gasteiger partial charge < -0.3 is 15.6 Å². The highest BCUT2D eigenvalue weighted by Crippen LogP contribution is 2.24. The molecule has 1 amide bonds. The molecule has 154 valence electrons. The topological polar surface area (TPSA) is 77.9 Å². The maximum absolute atomic E-state index is 13.6. The Morgan fingerprint density at radius 3 is 2.80 bits per heavy atom. The Morgan fingerprint density at radius 1 is 1.23 bits per heavy atom. The van der Waals surface area contributed by atoms with Crippen molar-refractivity contribution >= 4 is 16.8 Å². The van der Waals surface area contributed by atoms with Crippen LogP contribution in [0.5, 0.6) is 0 Å². The number of amides is 1. The molecule has 6 nitrogen and oxygen atoms in total. The number of carbonyl (C=O) groups excluding carboxylic acids is 1. The zero-order valence-corrected chi connectivity index (χ0v) is 17.0. The normalized spacial score (nSPS) is 12.4. The van der Waals surface area contributed by atoms with Gasteiger partial charge in [-0.2, -0.15) is 5.10 Å². The Balaban J connectivity index is 1.55. The molecule has 4 aromatic rings. The Labute approximate surface area is 174 Å². The zero-order chi connectivity index (χ0) is 21.3. The standard InChI is InChI=1S/C23H24FN5O/c1-15(21-12-27-29(16(21)2)19-7-5-6-18(24)10-19)26-11-17-13-28(14-23(25)30)22-9-4-3-8-20(17)22/h3-10,12-13,15,26H,11,14H2,1-2H3,(H2,25,30)/t15-/m0/s1. The summed E-state index contributed by atoms with van der Waals surface area (Å²) in [4.78, 5) is 11.4. The SMILES string of the molecule is Cc1c([C@H](C)NCc2cn(CC(N)=O)c3ccccc23)cnn1-c1cccc(F)c1. The number of rotatable bonds is 7. The van der Waals surface area contributed by atoms with Gasteiger partial charge in [-0.05, 0) is 43.7 Å². The summed E-state index contributed by atoms with van der Waals surface area (Å²) >= 11 is 0. The van der Waals surface area contributed by atoms with E-state index in [9.17, 15) is 9.18 Å². The van der Waals surface area contributed by atoms with Crippen molar-refractivity contribution in [2.75, 3.05) is 0 Å². The van der Waals surface area contributed by atoms with Crippen LogP contribution in [0.1, 0.15) is 29.8 Å². The second kappa shape index (κ2) is 8.12. The zero-order valence-electron chi connectivity index (χ0n) is 17.0. The number of hydrogen-bond donors (Lipinski definition) is 2. The third kappa shape index (κ3) is 3.84. The number of nitrogens with one attached hydrogen (secondary N) is 1. The molecule has 1 atom stereocenters. The van der Waals surface area contributed by atoms with E-state index < -0.39 is 0 Å². The van der Waals surface area contributed by atoms with E-state index in [4.69, 9.17) is 5.73 Å². The third-order valence-electron chi connectivity index (χ3n) is 5.36. The van der Waals surface area contributed by atoms with Crippen LogP contribution in [0.4, 0.5) is 4.39 Å². The summed E-state index contributed by atoms with van der Waals surface area (Å²) in [5, 5.41) is 9.07. The number of halogens is 1. The van der Waals surface area contributed by atoms with Crippen LogP contribution in [-0.2, 0) is 17.9 Å². The van der Waals surface area contributed by atoms with Gasteiger partial charge in [-0.3, -0.25) is 4.79 Å². The van der Waals surface area contributed by atoms with Crippen LogP contribution in [0.2, 0.25) is 0 Å². The van der Waals surface area contributed by atoms with E-state index in [2.05, 4.69) is 17.3 Å². The largest absolute Gasteiger partial charge is 0.368 e. The summed E-state index contributed by atoms with van der Waals surface area (Å²) in [6, 6.07) is 14.4. The van der Waals surface area contributed by atoms with Crippen LogP contribution in [0.25, 0.3) is 16.6 Å². The molecule has 0 aliphatic carbocycles. The summed E-state index contributed by atoms with van der Waals surface area (Å²) in [7, 11) is 0. The van der Waals surface area contributed by atoms with Crippen molar-refractivity contribution in [3.05, 3.63) is 83.6 Å². The molecule has 0 saturated heterocycles. The summed E-state index contributed by atoms with van der Waals surface area (Å²) in [5.41, 5.74) is 10.2. The molecule has 0 aliphatic heterocycles. The van der Waals surface area contributed by atoms with Crippen LogP contribution in [0, 0.1) is 12.7 Å². The van der Waals surface area contributed by atoms with E-state index in [1.54, 1.807) is 10.7 Å². The lowest BCUT2D eigenvalue weighted by molar-refractivity contribution is -0.118. The molecule has 0 spiro atoms. The molecule has 0 unspecified atom stereocenters. The van der Waals surface area contributed by atoms with Crippen molar-refractivity contribution in [2.24, 2.45) is 5.73 Å². The predicted octanol–water partition coefficient (Wildman–Crippen LogP) is 3.61. The highest BCUT2D eigenvalue weighted by atomic mass is 19.1. The minimum absolute atomic E-state index is 0.0329. The monoisotopic (exact) mass is 405 g/mol. The smallest absolute Gasteiger partial charge is 0.237 e. The average Bonchev–Trinajstić information content (AvgIpc) is 3.27. The molecular weight excluding hydrogens is 381 g/mol. The Hall–Kier alpha value is -3.45. The number of aromatic nitrogens is 3. The lowest BCUT2D eigenvalue weighted by atomic mass is 10.1. The van der Waals surface area contributed by atoms with Crippen molar-refractivity contribution < 1.29 is 9.18 Å². The molecular formula is C23H24FN5O. The fraction of sp³-hybridized carbons (Fsp3) is 0.217. The first-order valence-corrected chi connectivity index (χ1v) is 9.83. The highest BCUT2D eigenvalue weighted by molar-refractivity contribution is 5.85. The number of benzene rings is 2. The van der Waals surface area contributed by atoms with Crippen molar-refractivity contribution in [2.45, 2.75) is 33.0 Å². The molecule has 0 bridgehead atoms. The Morgan fingerprint density at radius 2 is 2.03 bits per heavy atom. The van der Waals surface area contributed by atoms with E-state index >= 15 is 0 Å². The summed E-state index contributed by atoms with van der Waals surface area (Å²) < 4.78 is 17.2. The van der Waals surface area contributed by atoms with Crippen molar-refractivity contribution in [1.29, 1.82) is 0 Å². The molecule has 7 heteroatoms. The number of hydrogen-bond acceptors (Lipinski definition) is 3. The van der Waals surface area contributed by atoms with Crippen LogP contribution in [0.15, 0.2) is 60.9 Å². The molecule has 0 aliphatic rings. The number of nitrogens with two attached hydrogens (primary N) is 1. The van der Waals surface area contributed by atoms with Crippen LogP contribution >= 0.6 is 0 Å². The van der Waals surface area contributed by atoms with Crippen molar-refractivity contribution in [1.82, 2.24) is 19.7 Å².